The van der Waals surface area contributed by atoms with Gasteiger partial charge in [0.05, 0.1) is 18.3 Å². The monoisotopic (exact) mass is 473 g/mol. The Labute approximate surface area is 209 Å². The van der Waals surface area contributed by atoms with E-state index in [-0.39, 0.29) is 17.9 Å². The van der Waals surface area contributed by atoms with E-state index in [0.717, 1.165) is 38.8 Å². The minimum atomic E-state index is -0.0229. The van der Waals surface area contributed by atoms with Gasteiger partial charge in [0.15, 0.2) is 0 Å². The molecule has 2 aliphatic rings. The van der Waals surface area contributed by atoms with Crippen molar-refractivity contribution in [2.45, 2.75) is 70.5 Å². The fourth-order valence-electron chi connectivity index (χ4n) is 6.46. The first-order valence-electron chi connectivity index (χ1n) is 13.2. The predicted molar refractivity (Wildman–Crippen MR) is 142 cm³/mol. The van der Waals surface area contributed by atoms with Gasteiger partial charge in [-0.25, -0.2) is 4.98 Å². The van der Waals surface area contributed by atoms with Crippen molar-refractivity contribution in [2.75, 3.05) is 19.6 Å². The molecular weight excluding hydrogens is 434 g/mol. The quantitative estimate of drug-likeness (QED) is 0.440. The second-order valence-corrected chi connectivity index (χ2v) is 10.6. The normalized spacial score (nSPS) is 22.8. The van der Waals surface area contributed by atoms with Crippen molar-refractivity contribution < 1.29 is 4.79 Å². The second-order valence-electron chi connectivity index (χ2n) is 10.6. The minimum Gasteiger partial charge on any atom is -0.354 e. The molecular formula is C29H39N5O. The maximum absolute atomic E-state index is 13.5. The molecule has 3 heterocycles. The number of hydrogen-bond donors (Lipinski definition) is 1. The third-order valence-corrected chi connectivity index (χ3v) is 8.10. The Balaban J connectivity index is 1.39. The Morgan fingerprint density at radius 2 is 2.20 bits per heavy atom. The zero-order valence-electron chi connectivity index (χ0n) is 21.4. The molecule has 1 N–H and O–H groups in total. The molecule has 3 aromatic rings. The first-order chi connectivity index (χ1) is 17.0. The van der Waals surface area contributed by atoms with E-state index in [2.05, 4.69) is 76.1 Å². The van der Waals surface area contributed by atoms with E-state index >= 15 is 0 Å². The summed E-state index contributed by atoms with van der Waals surface area (Å²) in [5.74, 6) is 0.514. The molecule has 1 aliphatic heterocycles. The second kappa shape index (κ2) is 10.0. The maximum Gasteiger partial charge on any atom is 0.224 e. The molecule has 0 bridgehead atoms. The van der Waals surface area contributed by atoms with Crippen molar-refractivity contribution in [2.24, 2.45) is 5.92 Å². The number of benzene rings is 1. The zero-order chi connectivity index (χ0) is 24.5. The fraction of sp³-hybridized carbons (Fsp3) is 0.517. The van der Waals surface area contributed by atoms with Gasteiger partial charge in [-0.05, 0) is 50.3 Å². The first-order valence-corrected chi connectivity index (χ1v) is 13.2. The summed E-state index contributed by atoms with van der Waals surface area (Å²) in [7, 11) is 0. The van der Waals surface area contributed by atoms with Crippen molar-refractivity contribution in [1.29, 1.82) is 0 Å². The molecule has 0 spiro atoms. The molecule has 2 unspecified atom stereocenters. The number of carbonyl (C=O) groups excluding carboxylic acids is 1. The molecule has 4 atom stereocenters. The molecule has 1 amide bonds. The van der Waals surface area contributed by atoms with Crippen molar-refractivity contribution in [3.8, 4) is 0 Å². The van der Waals surface area contributed by atoms with Gasteiger partial charge in [0.2, 0.25) is 5.91 Å². The Morgan fingerprint density at radius 1 is 1.34 bits per heavy atom. The molecule has 0 radical (unpaired) electrons. The van der Waals surface area contributed by atoms with E-state index in [9.17, 15) is 4.79 Å². The Kier molecular flexibility index (Phi) is 6.83. The van der Waals surface area contributed by atoms with Crippen LogP contribution in [0.5, 0.6) is 0 Å². The summed E-state index contributed by atoms with van der Waals surface area (Å²) in [5, 5.41) is 4.72. The lowest BCUT2D eigenvalue weighted by molar-refractivity contribution is -0.127. The van der Waals surface area contributed by atoms with Gasteiger partial charge in [0.1, 0.15) is 0 Å². The van der Waals surface area contributed by atoms with Crippen molar-refractivity contribution in [3.05, 3.63) is 66.9 Å². The van der Waals surface area contributed by atoms with Crippen LogP contribution in [-0.2, 0) is 11.2 Å². The van der Waals surface area contributed by atoms with Crippen LogP contribution in [0.15, 0.2) is 55.8 Å². The van der Waals surface area contributed by atoms with Gasteiger partial charge >= 0.3 is 0 Å². The molecule has 1 fully saturated rings. The highest BCUT2D eigenvalue weighted by molar-refractivity contribution is 5.89. The van der Waals surface area contributed by atoms with Gasteiger partial charge in [-0.1, -0.05) is 31.6 Å². The highest BCUT2D eigenvalue weighted by Crippen LogP contribution is 2.45. The van der Waals surface area contributed by atoms with Crippen LogP contribution in [0.25, 0.3) is 10.9 Å². The van der Waals surface area contributed by atoms with E-state index in [1.807, 2.05) is 24.8 Å². The number of carbonyl (C=O) groups is 1. The summed E-state index contributed by atoms with van der Waals surface area (Å²) in [5.41, 5.74) is 4.20. The molecule has 6 nitrogen and oxygen atoms in total. The first kappa shape index (κ1) is 23.9. The van der Waals surface area contributed by atoms with Gasteiger partial charge in [-0.3, -0.25) is 9.69 Å². The number of fused-ring (bicyclic) bond motifs is 2. The Hall–Kier alpha value is -2.86. The highest BCUT2D eigenvalue weighted by Gasteiger charge is 2.42. The topological polar surface area (TPSA) is 55.1 Å². The van der Waals surface area contributed by atoms with Gasteiger partial charge in [0.25, 0.3) is 0 Å². The molecule has 35 heavy (non-hydrogen) atoms. The van der Waals surface area contributed by atoms with Crippen LogP contribution >= 0.6 is 0 Å². The third kappa shape index (κ3) is 4.44. The van der Waals surface area contributed by atoms with E-state index in [4.69, 9.17) is 0 Å². The van der Waals surface area contributed by atoms with E-state index in [1.165, 1.54) is 22.0 Å². The Bertz CT molecular complexity index is 1180. The maximum atomic E-state index is 13.5. The average molecular weight is 474 g/mol. The van der Waals surface area contributed by atoms with Crippen molar-refractivity contribution >= 4 is 16.8 Å². The highest BCUT2D eigenvalue weighted by atomic mass is 16.1. The molecule has 2 aromatic heterocycles. The molecule has 6 heteroatoms. The molecule has 186 valence electrons. The number of nitrogens with zero attached hydrogens (tertiary/aromatic N) is 4. The van der Waals surface area contributed by atoms with Crippen LogP contribution in [0.4, 0.5) is 0 Å². The summed E-state index contributed by atoms with van der Waals surface area (Å²) in [6, 6.07) is 7.84. The Morgan fingerprint density at radius 3 is 2.91 bits per heavy atom. The predicted octanol–water partition coefficient (Wildman–Crippen LogP) is 5.09. The molecule has 1 aliphatic carbocycles. The molecule has 1 aromatic carbocycles. The summed E-state index contributed by atoms with van der Waals surface area (Å²) < 4.78 is 4.53. The number of likely N-dealkylation sites (tertiary alicyclic amines) is 1. The summed E-state index contributed by atoms with van der Waals surface area (Å²) >= 11 is 0. The van der Waals surface area contributed by atoms with Crippen LogP contribution in [0.2, 0.25) is 0 Å². The lowest BCUT2D eigenvalue weighted by Gasteiger charge is -2.46. The van der Waals surface area contributed by atoms with Crippen LogP contribution in [-0.4, -0.2) is 50.6 Å². The number of imidazole rings is 1. The largest absolute Gasteiger partial charge is 0.354 e. The lowest BCUT2D eigenvalue weighted by Crippen LogP contribution is -2.53. The minimum absolute atomic E-state index is 0.0229. The summed E-state index contributed by atoms with van der Waals surface area (Å²) in [6.45, 7) is 13.0. The zero-order valence-corrected chi connectivity index (χ0v) is 21.4. The van der Waals surface area contributed by atoms with Crippen molar-refractivity contribution in [3.63, 3.8) is 0 Å². The number of aromatic nitrogens is 3. The fourth-order valence-corrected chi connectivity index (χ4v) is 6.46. The van der Waals surface area contributed by atoms with E-state index < -0.39 is 0 Å². The van der Waals surface area contributed by atoms with E-state index in [0.29, 0.717) is 24.5 Å². The average Bonchev–Trinajstić information content (AvgIpc) is 3.52. The van der Waals surface area contributed by atoms with Gasteiger partial charge in [0, 0.05) is 67.1 Å². The number of amides is 1. The summed E-state index contributed by atoms with van der Waals surface area (Å²) in [6.07, 6.45) is 14.0. The number of hydrogen-bond acceptors (Lipinski definition) is 3. The number of nitrogens with one attached hydrogen (secondary N) is 1. The van der Waals surface area contributed by atoms with Crippen LogP contribution < -0.4 is 5.32 Å². The van der Waals surface area contributed by atoms with Gasteiger partial charge in [-0.15, -0.1) is 6.58 Å². The van der Waals surface area contributed by atoms with Crippen LogP contribution in [0.3, 0.4) is 0 Å². The van der Waals surface area contributed by atoms with Gasteiger partial charge in [-0.2, -0.15) is 0 Å². The standard InChI is InChI=1S/C29H39N5O/c1-5-8-23(33-13-11-30-19-33)16-31-29(35)22-14-25-24-9-7-10-26-28(24)21(18-34(26)20(3)4)15-27(25)32(17-22)12-6-2/h6-7,9-11,13,18-20,22-23,25,27H,2,5,8,12,14-17H2,1,3-4H3,(H,31,35)/t22-,23?,25?,27-/m1/s1. The van der Waals surface area contributed by atoms with Crippen molar-refractivity contribution in [1.82, 2.24) is 24.3 Å². The van der Waals surface area contributed by atoms with Gasteiger partial charge < -0.3 is 14.5 Å². The molecule has 0 saturated carbocycles. The number of rotatable bonds is 9. The van der Waals surface area contributed by atoms with E-state index in [1.54, 1.807) is 0 Å². The number of piperidine rings is 1. The smallest absolute Gasteiger partial charge is 0.224 e. The molecule has 1 saturated heterocycles. The lowest BCUT2D eigenvalue weighted by atomic mass is 9.72. The SMILES string of the molecule is C=CCN1C[C@H](C(=O)NCC(CCC)n2ccnc2)CC2c3cccc4c3c(cn4C(C)C)C[C@H]21. The van der Waals surface area contributed by atoms with Crippen LogP contribution in [0, 0.1) is 5.92 Å². The third-order valence-electron chi connectivity index (χ3n) is 8.10. The molecule has 5 rings (SSSR count). The van der Waals surface area contributed by atoms with Crippen LogP contribution in [0.1, 0.15) is 69.2 Å². The summed E-state index contributed by atoms with van der Waals surface area (Å²) in [4.78, 5) is 20.2.